The molecule has 0 unspecified atom stereocenters. The van der Waals surface area contributed by atoms with Gasteiger partial charge in [-0.15, -0.1) is 0 Å². The predicted octanol–water partition coefficient (Wildman–Crippen LogP) is 4.79. The van der Waals surface area contributed by atoms with E-state index in [9.17, 15) is 4.79 Å². The number of carbonyl (C=O) groups is 1. The van der Waals surface area contributed by atoms with E-state index in [1.807, 2.05) is 35.2 Å². The Morgan fingerprint density at radius 2 is 1.88 bits per heavy atom. The molecule has 6 heteroatoms. The molecule has 0 saturated carbocycles. The van der Waals surface area contributed by atoms with Gasteiger partial charge in [-0.25, -0.2) is 9.97 Å². The average molecular weight is 420 g/mol. The maximum absolute atomic E-state index is 12.6. The smallest absolute Gasteiger partial charge is 0.233 e. The first-order valence-electron chi connectivity index (χ1n) is 8.57. The van der Waals surface area contributed by atoms with Crippen LogP contribution in [0.15, 0.2) is 46.2 Å². The van der Waals surface area contributed by atoms with Crippen molar-refractivity contribution in [3.63, 3.8) is 0 Å². The number of hydrogen-bond donors (Lipinski definition) is 0. The third-order valence-electron chi connectivity index (χ3n) is 4.58. The number of benzene rings is 1. The first-order valence-corrected chi connectivity index (χ1v) is 10.4. The van der Waals surface area contributed by atoms with Gasteiger partial charge in [-0.2, -0.15) is 0 Å². The molecule has 0 spiro atoms. The van der Waals surface area contributed by atoms with Crippen LogP contribution in [0.2, 0.25) is 0 Å². The Balaban J connectivity index is 1.66. The molecule has 132 valence electrons. The molecule has 4 nitrogen and oxygen atoms in total. The van der Waals surface area contributed by atoms with E-state index in [-0.39, 0.29) is 5.91 Å². The molecule has 1 aromatic carbocycles. The summed E-state index contributed by atoms with van der Waals surface area (Å²) in [5.41, 5.74) is 1.91. The molecule has 1 aliphatic rings. The molecule has 2 heterocycles. The normalized spacial score (nSPS) is 20.5. The van der Waals surface area contributed by atoms with Gasteiger partial charge in [0.2, 0.25) is 5.91 Å². The van der Waals surface area contributed by atoms with Gasteiger partial charge in [0.25, 0.3) is 0 Å². The number of likely N-dealkylation sites (tertiary alicyclic amines) is 1. The lowest BCUT2D eigenvalue weighted by atomic mass is 9.98. The monoisotopic (exact) mass is 419 g/mol. The number of amides is 1. The summed E-state index contributed by atoms with van der Waals surface area (Å²) in [6.45, 7) is 4.28. The van der Waals surface area contributed by atoms with Gasteiger partial charge in [0.15, 0.2) is 5.16 Å². The highest BCUT2D eigenvalue weighted by Gasteiger charge is 2.28. The molecule has 1 aliphatic heterocycles. The zero-order valence-electron chi connectivity index (χ0n) is 14.5. The van der Waals surface area contributed by atoms with Crippen molar-refractivity contribution in [3.05, 3.63) is 41.0 Å². The van der Waals surface area contributed by atoms with Gasteiger partial charge in [-0.3, -0.25) is 4.79 Å². The Morgan fingerprint density at radius 3 is 2.56 bits per heavy atom. The second-order valence-corrected chi connectivity index (χ2v) is 8.31. The van der Waals surface area contributed by atoms with Crippen LogP contribution < -0.4 is 0 Å². The summed E-state index contributed by atoms with van der Waals surface area (Å²) in [6, 6.07) is 10.6. The van der Waals surface area contributed by atoms with Crippen LogP contribution in [-0.2, 0) is 4.79 Å². The number of aromatic nitrogens is 2. The molecule has 1 fully saturated rings. The maximum Gasteiger partial charge on any atom is 0.233 e. The van der Waals surface area contributed by atoms with E-state index < -0.39 is 0 Å². The van der Waals surface area contributed by atoms with Crippen molar-refractivity contribution < 1.29 is 4.79 Å². The summed E-state index contributed by atoms with van der Waals surface area (Å²) in [7, 11) is 0. The minimum atomic E-state index is 0.183. The molecule has 1 amide bonds. The fourth-order valence-corrected chi connectivity index (χ4v) is 4.27. The number of carbonyl (C=O) groups excluding carboxylic acids is 1. The zero-order chi connectivity index (χ0) is 17.8. The highest BCUT2D eigenvalue weighted by atomic mass is 79.9. The topological polar surface area (TPSA) is 46.1 Å². The molecule has 0 radical (unpaired) electrons. The van der Waals surface area contributed by atoms with E-state index in [4.69, 9.17) is 0 Å². The predicted molar refractivity (Wildman–Crippen MR) is 106 cm³/mol. The number of thioether (sulfide) groups is 1. The molecule has 0 N–H and O–H groups in total. The van der Waals surface area contributed by atoms with E-state index in [0.29, 0.717) is 23.0 Å². The van der Waals surface area contributed by atoms with Crippen molar-refractivity contribution in [1.82, 2.24) is 14.9 Å². The fourth-order valence-electron chi connectivity index (χ4n) is 3.31. The second-order valence-electron chi connectivity index (χ2n) is 6.45. The van der Waals surface area contributed by atoms with Gasteiger partial charge in [-0.05, 0) is 51.3 Å². The number of rotatable bonds is 4. The second kappa shape index (κ2) is 8.32. The van der Waals surface area contributed by atoms with Gasteiger partial charge < -0.3 is 4.90 Å². The molecular formula is C19H22BrN3OS. The van der Waals surface area contributed by atoms with E-state index in [2.05, 4.69) is 39.7 Å². The Kier molecular flexibility index (Phi) is 6.12. The minimum Gasteiger partial charge on any atom is -0.337 e. The van der Waals surface area contributed by atoms with Gasteiger partial charge in [0.1, 0.15) is 0 Å². The highest BCUT2D eigenvalue weighted by molar-refractivity contribution is 9.10. The van der Waals surface area contributed by atoms with Gasteiger partial charge >= 0.3 is 0 Å². The van der Waals surface area contributed by atoms with E-state index >= 15 is 0 Å². The standard InChI is InChI=1S/C19H22BrN3OS/c1-13-4-3-5-14(2)23(13)18(24)12-25-19-21-11-10-17(22-19)15-6-8-16(20)9-7-15/h6-11,13-14H,3-5,12H2,1-2H3/t13-,14-/m0/s1. The van der Waals surface area contributed by atoms with E-state index in [0.717, 1.165) is 28.6 Å². The summed E-state index contributed by atoms with van der Waals surface area (Å²) < 4.78 is 1.04. The summed E-state index contributed by atoms with van der Waals surface area (Å²) in [5, 5.41) is 0.645. The van der Waals surface area contributed by atoms with Crippen molar-refractivity contribution in [1.29, 1.82) is 0 Å². The lowest BCUT2D eigenvalue weighted by molar-refractivity contribution is -0.134. The first-order chi connectivity index (χ1) is 12.0. The molecule has 0 bridgehead atoms. The van der Waals surface area contributed by atoms with Crippen molar-refractivity contribution >= 4 is 33.6 Å². The molecule has 3 rings (SSSR count). The fraction of sp³-hybridized carbons (Fsp3) is 0.421. The summed E-state index contributed by atoms with van der Waals surface area (Å²) in [4.78, 5) is 23.6. The van der Waals surface area contributed by atoms with Crippen LogP contribution in [0.5, 0.6) is 0 Å². The van der Waals surface area contributed by atoms with Crippen LogP contribution in [0.25, 0.3) is 11.3 Å². The van der Waals surface area contributed by atoms with E-state index in [1.165, 1.54) is 18.2 Å². The lowest BCUT2D eigenvalue weighted by Crippen LogP contribution is -2.48. The van der Waals surface area contributed by atoms with Crippen LogP contribution in [0, 0.1) is 0 Å². The third-order valence-corrected chi connectivity index (χ3v) is 5.95. The van der Waals surface area contributed by atoms with Crippen LogP contribution in [0.4, 0.5) is 0 Å². The van der Waals surface area contributed by atoms with Crippen LogP contribution in [0.1, 0.15) is 33.1 Å². The molecule has 1 aromatic heterocycles. The SMILES string of the molecule is C[C@H]1CCC[C@H](C)N1C(=O)CSc1nccc(-c2ccc(Br)cc2)n1. The van der Waals surface area contributed by atoms with Crippen molar-refractivity contribution in [2.24, 2.45) is 0 Å². The van der Waals surface area contributed by atoms with Crippen LogP contribution in [-0.4, -0.2) is 38.6 Å². The van der Waals surface area contributed by atoms with Crippen molar-refractivity contribution in [3.8, 4) is 11.3 Å². The van der Waals surface area contributed by atoms with Crippen molar-refractivity contribution in [2.75, 3.05) is 5.75 Å². The Bertz CT molecular complexity index is 728. The van der Waals surface area contributed by atoms with E-state index in [1.54, 1.807) is 6.20 Å². The summed E-state index contributed by atoms with van der Waals surface area (Å²) >= 11 is 4.86. The quantitative estimate of drug-likeness (QED) is 0.527. The Hall–Kier alpha value is -1.40. The molecule has 2 atom stereocenters. The molecular weight excluding hydrogens is 398 g/mol. The maximum atomic E-state index is 12.6. The molecule has 2 aromatic rings. The van der Waals surface area contributed by atoms with Gasteiger partial charge in [-0.1, -0.05) is 39.8 Å². The third kappa shape index (κ3) is 4.61. The molecule has 0 aliphatic carbocycles. The number of piperidine rings is 1. The van der Waals surface area contributed by atoms with Crippen molar-refractivity contribution in [2.45, 2.75) is 50.4 Å². The van der Waals surface area contributed by atoms with Crippen LogP contribution in [0.3, 0.4) is 0 Å². The van der Waals surface area contributed by atoms with Gasteiger partial charge in [0, 0.05) is 28.3 Å². The first kappa shape index (κ1) is 18.4. The highest BCUT2D eigenvalue weighted by Crippen LogP contribution is 2.25. The van der Waals surface area contributed by atoms with Gasteiger partial charge in [0.05, 0.1) is 11.4 Å². The largest absolute Gasteiger partial charge is 0.337 e. The number of hydrogen-bond acceptors (Lipinski definition) is 4. The number of nitrogens with zero attached hydrogens (tertiary/aromatic N) is 3. The average Bonchev–Trinajstić information content (AvgIpc) is 2.61. The minimum absolute atomic E-state index is 0.183. The Morgan fingerprint density at radius 1 is 1.20 bits per heavy atom. The Labute approximate surface area is 161 Å². The zero-order valence-corrected chi connectivity index (χ0v) is 16.9. The lowest BCUT2D eigenvalue weighted by Gasteiger charge is -2.39. The molecule has 25 heavy (non-hydrogen) atoms. The number of halogens is 1. The summed E-state index contributed by atoms with van der Waals surface area (Å²) in [6.07, 6.45) is 5.15. The van der Waals surface area contributed by atoms with Crippen LogP contribution >= 0.6 is 27.7 Å². The summed E-state index contributed by atoms with van der Waals surface area (Å²) in [5.74, 6) is 0.570. The molecule has 1 saturated heterocycles.